The van der Waals surface area contributed by atoms with Gasteiger partial charge in [0.25, 0.3) is 0 Å². The number of hydrogen-bond acceptors (Lipinski definition) is 3. The highest BCUT2D eigenvalue weighted by Gasteiger charge is 2.17. The number of anilines is 1. The lowest BCUT2D eigenvalue weighted by atomic mass is 10.1. The average molecular weight is 274 g/mol. The molecule has 20 heavy (non-hydrogen) atoms. The van der Waals surface area contributed by atoms with Crippen molar-refractivity contribution in [3.8, 4) is 0 Å². The molecule has 0 radical (unpaired) electrons. The van der Waals surface area contributed by atoms with Crippen LogP contribution in [0, 0.1) is 12.7 Å². The van der Waals surface area contributed by atoms with Crippen LogP contribution in [0.1, 0.15) is 21.5 Å². The molecule has 104 valence electrons. The number of carboxylic acids is 1. The molecule has 1 heterocycles. The summed E-state index contributed by atoms with van der Waals surface area (Å²) in [5.41, 5.74) is 1.75. The molecule has 0 fully saturated rings. The Labute approximate surface area is 116 Å². The Bertz CT molecular complexity index is 644. The number of aromatic carboxylic acids is 1. The van der Waals surface area contributed by atoms with E-state index >= 15 is 0 Å². The van der Waals surface area contributed by atoms with Crippen molar-refractivity contribution in [2.45, 2.75) is 13.5 Å². The number of pyridine rings is 1. The monoisotopic (exact) mass is 274 g/mol. The maximum Gasteiger partial charge on any atom is 0.338 e. The number of aromatic nitrogens is 1. The minimum atomic E-state index is -1.30. The molecule has 0 saturated carbocycles. The van der Waals surface area contributed by atoms with Crippen LogP contribution in [0.4, 0.5) is 10.2 Å². The van der Waals surface area contributed by atoms with Gasteiger partial charge in [0.1, 0.15) is 5.56 Å². The van der Waals surface area contributed by atoms with E-state index in [2.05, 4.69) is 4.98 Å². The van der Waals surface area contributed by atoms with Crippen LogP contribution in [0.2, 0.25) is 0 Å². The summed E-state index contributed by atoms with van der Waals surface area (Å²) < 4.78 is 14.1. The van der Waals surface area contributed by atoms with Crippen molar-refractivity contribution in [3.05, 3.63) is 59.0 Å². The molecule has 0 spiro atoms. The van der Waals surface area contributed by atoms with Gasteiger partial charge in [0.2, 0.25) is 0 Å². The number of nitrogens with zero attached hydrogens (tertiary/aromatic N) is 2. The number of carbonyl (C=O) groups is 1. The van der Waals surface area contributed by atoms with Crippen LogP contribution in [-0.2, 0) is 6.54 Å². The van der Waals surface area contributed by atoms with Gasteiger partial charge in [-0.3, -0.25) is 0 Å². The van der Waals surface area contributed by atoms with E-state index in [0.29, 0.717) is 6.54 Å². The minimum Gasteiger partial charge on any atom is -0.478 e. The molecule has 0 bridgehead atoms. The lowest BCUT2D eigenvalue weighted by Crippen LogP contribution is -2.20. The average Bonchev–Trinajstić information content (AvgIpc) is 2.38. The van der Waals surface area contributed by atoms with Gasteiger partial charge >= 0.3 is 5.97 Å². The molecule has 0 saturated heterocycles. The SMILES string of the molecule is Cc1cccc(CN(C)c2nccc(C(=O)O)c2F)c1. The first kappa shape index (κ1) is 14.0. The molecule has 0 aliphatic carbocycles. The Hall–Kier alpha value is -2.43. The third kappa shape index (κ3) is 2.93. The summed E-state index contributed by atoms with van der Waals surface area (Å²) in [6.07, 6.45) is 1.30. The maximum atomic E-state index is 14.1. The molecule has 0 amide bonds. The van der Waals surface area contributed by atoms with Crippen molar-refractivity contribution in [2.24, 2.45) is 0 Å². The second-order valence-corrected chi connectivity index (χ2v) is 4.65. The van der Waals surface area contributed by atoms with Gasteiger partial charge in [-0.2, -0.15) is 0 Å². The second-order valence-electron chi connectivity index (χ2n) is 4.65. The van der Waals surface area contributed by atoms with Crippen molar-refractivity contribution < 1.29 is 14.3 Å². The van der Waals surface area contributed by atoms with Crippen molar-refractivity contribution >= 4 is 11.8 Å². The normalized spacial score (nSPS) is 10.3. The highest BCUT2D eigenvalue weighted by molar-refractivity contribution is 5.88. The molecule has 0 aliphatic heterocycles. The zero-order valence-electron chi connectivity index (χ0n) is 11.3. The van der Waals surface area contributed by atoms with Gasteiger partial charge < -0.3 is 10.0 Å². The number of aryl methyl sites for hydroxylation is 1. The summed E-state index contributed by atoms with van der Waals surface area (Å²) >= 11 is 0. The van der Waals surface area contributed by atoms with Crippen molar-refractivity contribution in [2.75, 3.05) is 11.9 Å². The van der Waals surface area contributed by atoms with E-state index in [1.54, 1.807) is 11.9 Å². The van der Waals surface area contributed by atoms with Crippen LogP contribution in [0.5, 0.6) is 0 Å². The zero-order valence-corrected chi connectivity index (χ0v) is 11.3. The Morgan fingerprint density at radius 1 is 1.40 bits per heavy atom. The number of hydrogen-bond donors (Lipinski definition) is 1. The Morgan fingerprint density at radius 3 is 2.80 bits per heavy atom. The molecule has 0 aliphatic rings. The first-order valence-corrected chi connectivity index (χ1v) is 6.13. The third-order valence-electron chi connectivity index (χ3n) is 2.97. The molecule has 2 rings (SSSR count). The highest BCUT2D eigenvalue weighted by Crippen LogP contribution is 2.20. The molecule has 5 heteroatoms. The Morgan fingerprint density at radius 2 is 2.15 bits per heavy atom. The molecule has 1 aromatic heterocycles. The fourth-order valence-electron chi connectivity index (χ4n) is 2.02. The third-order valence-corrected chi connectivity index (χ3v) is 2.97. The standard InChI is InChI=1S/C15H15FN2O2/c1-10-4-3-5-11(8-10)9-18(2)14-13(16)12(15(19)20)6-7-17-14/h3-8H,9H2,1-2H3,(H,19,20). The maximum absolute atomic E-state index is 14.1. The van der Waals surface area contributed by atoms with Gasteiger partial charge in [-0.05, 0) is 18.6 Å². The summed E-state index contributed by atoms with van der Waals surface area (Å²) in [5, 5.41) is 8.91. The van der Waals surface area contributed by atoms with Gasteiger partial charge in [-0.15, -0.1) is 0 Å². The summed E-state index contributed by atoms with van der Waals surface area (Å²) in [6, 6.07) is 8.99. The lowest BCUT2D eigenvalue weighted by Gasteiger charge is -2.19. The molecular weight excluding hydrogens is 259 g/mol. The highest BCUT2D eigenvalue weighted by atomic mass is 19.1. The van der Waals surface area contributed by atoms with Gasteiger partial charge in [-0.25, -0.2) is 14.2 Å². The van der Waals surface area contributed by atoms with Gasteiger partial charge in [0.05, 0.1) is 0 Å². The molecule has 1 N–H and O–H groups in total. The minimum absolute atomic E-state index is 0.0337. The zero-order chi connectivity index (χ0) is 14.7. The predicted molar refractivity (Wildman–Crippen MR) is 74.4 cm³/mol. The van der Waals surface area contributed by atoms with Crippen LogP contribution in [0.25, 0.3) is 0 Å². The molecule has 2 aromatic rings. The van der Waals surface area contributed by atoms with Crippen LogP contribution in [0.15, 0.2) is 36.5 Å². The van der Waals surface area contributed by atoms with E-state index in [0.717, 1.165) is 17.2 Å². The van der Waals surface area contributed by atoms with Crippen LogP contribution in [-0.4, -0.2) is 23.1 Å². The molecule has 0 atom stereocenters. The van der Waals surface area contributed by atoms with E-state index in [-0.39, 0.29) is 11.4 Å². The Kier molecular flexibility index (Phi) is 3.98. The topological polar surface area (TPSA) is 53.4 Å². The van der Waals surface area contributed by atoms with Gasteiger partial charge in [-0.1, -0.05) is 29.8 Å². The molecule has 0 unspecified atom stereocenters. The van der Waals surface area contributed by atoms with Crippen LogP contribution in [0.3, 0.4) is 0 Å². The quantitative estimate of drug-likeness (QED) is 0.931. The van der Waals surface area contributed by atoms with E-state index in [1.165, 1.54) is 6.20 Å². The van der Waals surface area contributed by atoms with Crippen molar-refractivity contribution in [3.63, 3.8) is 0 Å². The number of carboxylic acid groups (broad SMARTS) is 1. The molecular formula is C15H15FN2O2. The summed E-state index contributed by atoms with van der Waals surface area (Å²) in [7, 11) is 1.68. The van der Waals surface area contributed by atoms with E-state index in [9.17, 15) is 9.18 Å². The Balaban J connectivity index is 2.28. The van der Waals surface area contributed by atoms with E-state index < -0.39 is 11.8 Å². The van der Waals surface area contributed by atoms with Crippen molar-refractivity contribution in [1.29, 1.82) is 0 Å². The van der Waals surface area contributed by atoms with E-state index in [1.807, 2.05) is 31.2 Å². The van der Waals surface area contributed by atoms with Crippen molar-refractivity contribution in [1.82, 2.24) is 4.98 Å². The van der Waals surface area contributed by atoms with E-state index in [4.69, 9.17) is 5.11 Å². The lowest BCUT2D eigenvalue weighted by molar-refractivity contribution is 0.0692. The fourth-order valence-corrected chi connectivity index (χ4v) is 2.02. The number of benzene rings is 1. The van der Waals surface area contributed by atoms with Gasteiger partial charge in [0.15, 0.2) is 11.6 Å². The van der Waals surface area contributed by atoms with Crippen LogP contribution >= 0.6 is 0 Å². The number of rotatable bonds is 4. The largest absolute Gasteiger partial charge is 0.478 e. The summed E-state index contributed by atoms with van der Waals surface area (Å²) in [6.45, 7) is 2.43. The fraction of sp³-hybridized carbons (Fsp3) is 0.200. The second kappa shape index (κ2) is 5.69. The van der Waals surface area contributed by atoms with Crippen LogP contribution < -0.4 is 4.90 Å². The summed E-state index contributed by atoms with van der Waals surface area (Å²) in [4.78, 5) is 16.4. The number of halogens is 1. The first-order chi connectivity index (χ1) is 9.49. The summed E-state index contributed by atoms with van der Waals surface area (Å²) in [5.74, 6) is -2.07. The molecule has 1 aromatic carbocycles. The first-order valence-electron chi connectivity index (χ1n) is 6.13. The molecule has 4 nitrogen and oxygen atoms in total. The predicted octanol–water partition coefficient (Wildman–Crippen LogP) is 2.86. The smallest absolute Gasteiger partial charge is 0.338 e. The van der Waals surface area contributed by atoms with Gasteiger partial charge in [0, 0.05) is 19.8 Å².